The van der Waals surface area contributed by atoms with Crippen LogP contribution in [0, 0.1) is 11.6 Å². The molecular formula is C19H13F5N6O2. The highest BCUT2D eigenvalue weighted by Gasteiger charge is 2.37. The van der Waals surface area contributed by atoms with Gasteiger partial charge < -0.3 is 5.32 Å². The van der Waals surface area contributed by atoms with Gasteiger partial charge in [-0.25, -0.2) is 23.2 Å². The molecule has 0 fully saturated rings. The Bertz CT molecular complexity index is 1300. The molecule has 0 unspecified atom stereocenters. The molecule has 13 heteroatoms. The molecule has 0 aliphatic rings. The Balaban J connectivity index is 1.63. The van der Waals surface area contributed by atoms with Crippen LogP contribution in [0.1, 0.15) is 11.3 Å². The summed E-state index contributed by atoms with van der Waals surface area (Å²) in [5, 5.41) is 10.1. The molecule has 4 aromatic rings. The van der Waals surface area contributed by atoms with Crippen molar-refractivity contribution in [3.63, 3.8) is 0 Å². The van der Waals surface area contributed by atoms with Gasteiger partial charge in [0.05, 0.1) is 11.9 Å². The third-order valence-electron chi connectivity index (χ3n) is 4.53. The van der Waals surface area contributed by atoms with Gasteiger partial charge in [0.2, 0.25) is 5.82 Å². The molecule has 1 aromatic carbocycles. The molecular weight excluding hydrogens is 439 g/mol. The van der Waals surface area contributed by atoms with Gasteiger partial charge in [-0.3, -0.25) is 9.09 Å². The van der Waals surface area contributed by atoms with Crippen molar-refractivity contribution in [2.75, 3.05) is 5.32 Å². The zero-order chi connectivity index (χ0) is 23.0. The van der Waals surface area contributed by atoms with E-state index in [1.54, 1.807) is 0 Å². The summed E-state index contributed by atoms with van der Waals surface area (Å²) in [6, 6.07) is 6.80. The maximum absolute atomic E-state index is 13.7. The van der Waals surface area contributed by atoms with Gasteiger partial charge in [0, 0.05) is 25.2 Å². The molecule has 0 radical (unpaired) electrons. The number of benzene rings is 1. The van der Waals surface area contributed by atoms with Crippen LogP contribution in [-0.2, 0) is 19.8 Å². The number of aromatic nitrogens is 5. The van der Waals surface area contributed by atoms with Crippen LogP contribution in [0.5, 0.6) is 0 Å². The molecule has 0 atom stereocenters. The van der Waals surface area contributed by atoms with Crippen LogP contribution in [0.2, 0.25) is 0 Å². The summed E-state index contributed by atoms with van der Waals surface area (Å²) in [4.78, 5) is 15.4. The highest BCUT2D eigenvalue weighted by molar-refractivity contribution is 5.52. The molecule has 0 aliphatic carbocycles. The largest absolute Gasteiger partial charge is 0.441 e. The first-order chi connectivity index (χ1) is 15.1. The van der Waals surface area contributed by atoms with Crippen LogP contribution in [0.25, 0.3) is 17.3 Å². The second-order valence-electron chi connectivity index (χ2n) is 6.61. The topological polar surface area (TPSA) is 90.8 Å². The van der Waals surface area contributed by atoms with Crippen LogP contribution >= 0.6 is 0 Å². The Labute approximate surface area is 175 Å². The Morgan fingerprint density at radius 3 is 2.41 bits per heavy atom. The average molecular weight is 452 g/mol. The Kier molecular flexibility index (Phi) is 5.24. The molecule has 8 nitrogen and oxygen atoms in total. The minimum absolute atomic E-state index is 0.181. The number of nitrogens with zero attached hydrogens (tertiary/aromatic N) is 5. The van der Waals surface area contributed by atoms with E-state index in [1.807, 2.05) is 0 Å². The summed E-state index contributed by atoms with van der Waals surface area (Å²) in [6.07, 6.45) is -3.59. The zero-order valence-corrected chi connectivity index (χ0v) is 16.2. The van der Waals surface area contributed by atoms with Crippen LogP contribution in [0.3, 0.4) is 0 Å². The van der Waals surface area contributed by atoms with Crippen molar-refractivity contribution in [1.82, 2.24) is 24.5 Å². The van der Waals surface area contributed by atoms with Crippen molar-refractivity contribution in [3.05, 3.63) is 76.0 Å². The molecule has 3 aromatic heterocycles. The maximum atomic E-state index is 13.7. The predicted octanol–water partition coefficient (Wildman–Crippen LogP) is 3.53. The fourth-order valence-electron chi connectivity index (χ4n) is 2.88. The maximum Gasteiger partial charge on any atom is 0.441 e. The summed E-state index contributed by atoms with van der Waals surface area (Å²) in [5.41, 5.74) is -1.27. The second kappa shape index (κ2) is 7.90. The third kappa shape index (κ3) is 3.96. The molecule has 1 N–H and O–H groups in total. The van der Waals surface area contributed by atoms with Gasteiger partial charge in [0.25, 0.3) is 0 Å². The molecule has 0 saturated carbocycles. The summed E-state index contributed by atoms with van der Waals surface area (Å²) in [6.45, 7) is -0.195. The molecule has 0 bridgehead atoms. The smallest absolute Gasteiger partial charge is 0.379 e. The number of rotatable bonds is 5. The highest BCUT2D eigenvalue weighted by Crippen LogP contribution is 2.33. The summed E-state index contributed by atoms with van der Waals surface area (Å²) in [7, 11) is 1.28. The van der Waals surface area contributed by atoms with Gasteiger partial charge in [0.1, 0.15) is 17.3 Å². The molecule has 32 heavy (non-hydrogen) atoms. The number of pyridine rings is 1. The molecule has 0 amide bonds. The van der Waals surface area contributed by atoms with Crippen molar-refractivity contribution >= 4 is 5.69 Å². The first kappa shape index (κ1) is 21.2. The zero-order valence-electron chi connectivity index (χ0n) is 16.2. The van der Waals surface area contributed by atoms with Crippen molar-refractivity contribution in [3.8, 4) is 17.3 Å². The number of hydrogen-bond donors (Lipinski definition) is 1. The minimum Gasteiger partial charge on any atom is -0.379 e. The summed E-state index contributed by atoms with van der Waals surface area (Å²) in [5.74, 6) is -2.70. The normalized spacial score (nSPS) is 11.7. The van der Waals surface area contributed by atoms with Gasteiger partial charge in [-0.2, -0.15) is 18.3 Å². The standard InChI is InChI=1S/C19H13F5N6O2/c1-29-17(28-32-18(29)31)14-7-15(19(22,23)24)30(27-14)16-6-5-10(8-26-16)25-9-11-12(20)3-2-4-13(11)21/h2-8,25H,9H2,1H3. The number of anilines is 1. The first-order valence-corrected chi connectivity index (χ1v) is 8.98. The van der Waals surface area contributed by atoms with E-state index < -0.39 is 29.3 Å². The van der Waals surface area contributed by atoms with Gasteiger partial charge in [-0.05, 0) is 24.3 Å². The lowest BCUT2D eigenvalue weighted by molar-refractivity contribution is -0.142. The monoisotopic (exact) mass is 452 g/mol. The van der Waals surface area contributed by atoms with Gasteiger partial charge >= 0.3 is 11.9 Å². The highest BCUT2D eigenvalue weighted by atomic mass is 19.4. The SMILES string of the molecule is Cn1c(-c2cc(C(F)(F)F)n(-c3ccc(NCc4c(F)cccc4F)cn3)n2)noc1=O. The fraction of sp³-hybridized carbons (Fsp3) is 0.158. The van der Waals surface area contributed by atoms with Crippen LogP contribution in [0.4, 0.5) is 27.6 Å². The lowest BCUT2D eigenvalue weighted by Crippen LogP contribution is -2.14. The number of halogens is 5. The summed E-state index contributed by atoms with van der Waals surface area (Å²) >= 11 is 0. The molecule has 4 rings (SSSR count). The fourth-order valence-corrected chi connectivity index (χ4v) is 2.88. The average Bonchev–Trinajstić information content (AvgIpc) is 3.32. The van der Waals surface area contributed by atoms with E-state index in [-0.39, 0.29) is 29.4 Å². The summed E-state index contributed by atoms with van der Waals surface area (Å²) < 4.78 is 74.0. The molecule has 0 spiro atoms. The van der Waals surface area contributed by atoms with E-state index in [1.165, 1.54) is 31.4 Å². The third-order valence-corrected chi connectivity index (χ3v) is 4.53. The van der Waals surface area contributed by atoms with Crippen molar-refractivity contribution in [2.45, 2.75) is 12.7 Å². The first-order valence-electron chi connectivity index (χ1n) is 8.98. The van der Waals surface area contributed by atoms with Gasteiger partial charge in [-0.15, -0.1) is 0 Å². The van der Waals surface area contributed by atoms with E-state index in [4.69, 9.17) is 0 Å². The molecule has 166 valence electrons. The predicted molar refractivity (Wildman–Crippen MR) is 101 cm³/mol. The van der Waals surface area contributed by atoms with Crippen LogP contribution in [0.15, 0.2) is 51.9 Å². The van der Waals surface area contributed by atoms with Crippen molar-refractivity contribution < 1.29 is 26.5 Å². The second-order valence-corrected chi connectivity index (χ2v) is 6.61. The quantitative estimate of drug-likeness (QED) is 0.466. The Morgan fingerprint density at radius 2 is 1.84 bits per heavy atom. The lowest BCUT2D eigenvalue weighted by atomic mass is 10.2. The Hall–Kier alpha value is -4.03. The van der Waals surface area contributed by atoms with Gasteiger partial charge in [-0.1, -0.05) is 11.2 Å². The molecule has 0 aliphatic heterocycles. The van der Waals surface area contributed by atoms with E-state index in [9.17, 15) is 26.7 Å². The van der Waals surface area contributed by atoms with Gasteiger partial charge in [0.15, 0.2) is 11.5 Å². The van der Waals surface area contributed by atoms with E-state index in [2.05, 4.69) is 25.1 Å². The van der Waals surface area contributed by atoms with Crippen molar-refractivity contribution in [2.24, 2.45) is 7.05 Å². The van der Waals surface area contributed by atoms with Crippen LogP contribution < -0.4 is 11.1 Å². The van der Waals surface area contributed by atoms with E-state index in [0.717, 1.165) is 16.7 Å². The molecule has 0 saturated heterocycles. The van der Waals surface area contributed by atoms with Crippen LogP contribution in [-0.4, -0.2) is 24.5 Å². The number of alkyl halides is 3. The number of nitrogens with one attached hydrogen (secondary N) is 1. The number of hydrogen-bond acceptors (Lipinski definition) is 6. The Morgan fingerprint density at radius 1 is 1.12 bits per heavy atom. The molecule has 3 heterocycles. The minimum atomic E-state index is -4.78. The van der Waals surface area contributed by atoms with E-state index >= 15 is 0 Å². The lowest BCUT2D eigenvalue weighted by Gasteiger charge is -2.11. The van der Waals surface area contributed by atoms with E-state index in [0.29, 0.717) is 16.4 Å². The van der Waals surface area contributed by atoms with Crippen molar-refractivity contribution in [1.29, 1.82) is 0 Å².